The van der Waals surface area contributed by atoms with E-state index in [1.165, 1.54) is 28.6 Å². The van der Waals surface area contributed by atoms with E-state index in [4.69, 9.17) is 9.47 Å². The van der Waals surface area contributed by atoms with Crippen molar-refractivity contribution < 1.29 is 36.0 Å². The lowest BCUT2D eigenvalue weighted by atomic mass is 9.63. The van der Waals surface area contributed by atoms with Crippen LogP contribution in [0.4, 0.5) is 5.69 Å². The molecule has 4 aliphatic heterocycles. The van der Waals surface area contributed by atoms with Crippen LogP contribution in [-0.2, 0) is 34.3 Å². The van der Waals surface area contributed by atoms with Crippen LogP contribution in [0.3, 0.4) is 0 Å². The maximum absolute atomic E-state index is 13.7. The van der Waals surface area contributed by atoms with Gasteiger partial charge >= 0.3 is 5.97 Å². The van der Waals surface area contributed by atoms with Gasteiger partial charge in [-0.05, 0) is 51.5 Å². The molecule has 0 amide bonds. The van der Waals surface area contributed by atoms with Crippen LogP contribution in [0.15, 0.2) is 68.7 Å². The highest BCUT2D eigenvalue weighted by Crippen LogP contribution is 2.61. The van der Waals surface area contributed by atoms with Crippen LogP contribution in [0.2, 0.25) is 0 Å². The molecule has 4 heterocycles. The van der Waals surface area contributed by atoms with Gasteiger partial charge in [0.15, 0.2) is 0 Å². The fraction of sp³-hybridized carbons (Fsp3) is 0.500. The van der Waals surface area contributed by atoms with Gasteiger partial charge in [-0.25, -0.2) is 8.42 Å². The third-order valence-corrected chi connectivity index (χ3v) is 12.4. The summed E-state index contributed by atoms with van der Waals surface area (Å²) in [6.07, 6.45) is -0.849. The minimum Gasteiger partial charge on any atom is -0.466 e. The second-order valence-electron chi connectivity index (χ2n) is 11.0. The number of non-ortho nitro benzene ring substituents is 1. The first kappa shape index (κ1) is 28.6. The molecule has 224 valence electrons. The smallest absolute Gasteiger partial charge is 0.312 e. The Bertz CT molecular complexity index is 1680. The Morgan fingerprint density at radius 1 is 1.10 bits per heavy atom. The lowest BCUT2D eigenvalue weighted by Gasteiger charge is -2.49. The van der Waals surface area contributed by atoms with Crippen molar-refractivity contribution in [3.63, 3.8) is 0 Å². The number of aryl methyl sites for hydroxylation is 1. The lowest BCUT2D eigenvalue weighted by Crippen LogP contribution is -2.65. The fourth-order valence-electron chi connectivity index (χ4n) is 6.86. The topological polar surface area (TPSA) is 178 Å². The van der Waals surface area contributed by atoms with Gasteiger partial charge in [0, 0.05) is 30.6 Å². The zero-order chi connectivity index (χ0) is 30.2. The number of nitrogens with zero attached hydrogens (tertiary/aromatic N) is 5. The minimum absolute atomic E-state index is 0.0228. The first-order chi connectivity index (χ1) is 19.8. The molecule has 42 heavy (non-hydrogen) atoms. The molecule has 2 unspecified atom stereocenters. The summed E-state index contributed by atoms with van der Waals surface area (Å²) in [4.78, 5) is 23.7. The number of piperidine rings is 1. The van der Waals surface area contributed by atoms with Gasteiger partial charge in [0.2, 0.25) is 10.0 Å². The maximum atomic E-state index is 13.7. The fourth-order valence-corrected chi connectivity index (χ4v) is 9.91. The van der Waals surface area contributed by atoms with E-state index in [2.05, 4.69) is 10.3 Å². The van der Waals surface area contributed by atoms with Gasteiger partial charge in [0.05, 0.1) is 33.3 Å². The molecule has 6 rings (SSSR count). The molecular formula is C26H29N5O9S2. The standard InChI is InChI=1S/C26H29N5O9S2/c1-4-39-25(32)21-20-14-29(41(35,36)18-11-7-17(8-12-18)31(33)34)16(3)13-26(20)24-22(23(21)40-26)30(28-27-24)42(37,38)19-9-5-15(2)6-10-19/h5-12,16,20-24H,4,13-14H2,1-3H3/t16-,20+,21+,22?,23-,24?,26+/m1/s1. The molecule has 16 heteroatoms. The third-order valence-electron chi connectivity index (χ3n) is 8.71. The number of carbonyl (C=O) groups is 1. The molecule has 14 nitrogen and oxygen atoms in total. The van der Waals surface area contributed by atoms with E-state index >= 15 is 0 Å². The molecule has 4 aliphatic rings. The van der Waals surface area contributed by atoms with Gasteiger partial charge in [-0.3, -0.25) is 14.9 Å². The highest BCUT2D eigenvalue weighted by atomic mass is 32.2. The molecular weight excluding hydrogens is 590 g/mol. The van der Waals surface area contributed by atoms with Crippen molar-refractivity contribution in [1.82, 2.24) is 8.72 Å². The van der Waals surface area contributed by atoms with Crippen LogP contribution in [0, 0.1) is 28.9 Å². The van der Waals surface area contributed by atoms with Gasteiger partial charge in [-0.1, -0.05) is 22.9 Å². The molecule has 1 spiro atoms. The first-order valence-corrected chi connectivity index (χ1v) is 16.3. The molecule has 0 radical (unpaired) electrons. The highest BCUT2D eigenvalue weighted by molar-refractivity contribution is 7.89. The molecule has 2 aromatic rings. The number of carbonyl (C=O) groups excluding carboxylic acids is 1. The van der Waals surface area contributed by atoms with Gasteiger partial charge < -0.3 is 9.47 Å². The highest BCUT2D eigenvalue weighted by Gasteiger charge is 2.76. The van der Waals surface area contributed by atoms with Crippen LogP contribution < -0.4 is 0 Å². The lowest BCUT2D eigenvalue weighted by molar-refractivity contribution is -0.384. The molecule has 7 atom stereocenters. The Morgan fingerprint density at radius 3 is 2.33 bits per heavy atom. The number of hydrogen-bond acceptors (Lipinski definition) is 11. The Morgan fingerprint density at radius 2 is 1.71 bits per heavy atom. The number of ether oxygens (including phenoxy) is 2. The van der Waals surface area contributed by atoms with E-state index in [1.807, 2.05) is 6.92 Å². The maximum Gasteiger partial charge on any atom is 0.312 e. The number of sulfonamides is 2. The Hall–Kier alpha value is -3.47. The Labute approximate surface area is 242 Å². The second-order valence-corrected chi connectivity index (χ2v) is 14.7. The quantitative estimate of drug-likeness (QED) is 0.256. The van der Waals surface area contributed by atoms with Crippen molar-refractivity contribution in [2.24, 2.45) is 22.2 Å². The van der Waals surface area contributed by atoms with Crippen molar-refractivity contribution in [1.29, 1.82) is 0 Å². The minimum atomic E-state index is -4.14. The van der Waals surface area contributed by atoms with E-state index in [-0.39, 0.29) is 35.1 Å². The van der Waals surface area contributed by atoms with Crippen molar-refractivity contribution in [3.8, 4) is 0 Å². The van der Waals surface area contributed by atoms with Crippen molar-refractivity contribution in [2.75, 3.05) is 13.2 Å². The number of nitro benzene ring substituents is 1. The summed E-state index contributed by atoms with van der Waals surface area (Å²) in [5.74, 6) is -2.30. The van der Waals surface area contributed by atoms with Gasteiger partial charge in [-0.2, -0.15) is 22.3 Å². The zero-order valence-electron chi connectivity index (χ0n) is 22.9. The van der Waals surface area contributed by atoms with E-state index in [1.54, 1.807) is 26.0 Å². The van der Waals surface area contributed by atoms with E-state index < -0.39 is 72.6 Å². The van der Waals surface area contributed by atoms with Crippen molar-refractivity contribution >= 4 is 31.7 Å². The second kappa shape index (κ2) is 9.79. The molecule has 0 N–H and O–H groups in total. The van der Waals surface area contributed by atoms with Gasteiger partial charge in [0.1, 0.15) is 17.7 Å². The summed E-state index contributed by atoms with van der Waals surface area (Å²) in [7, 11) is -8.27. The molecule has 0 aliphatic carbocycles. The third kappa shape index (κ3) is 4.06. The van der Waals surface area contributed by atoms with Gasteiger partial charge in [-0.15, -0.1) is 0 Å². The summed E-state index contributed by atoms with van der Waals surface area (Å²) in [6.45, 7) is 5.13. The number of benzene rings is 2. The molecule has 0 saturated carbocycles. The van der Waals surface area contributed by atoms with Crippen molar-refractivity contribution in [2.45, 2.75) is 66.8 Å². The summed E-state index contributed by atoms with van der Waals surface area (Å²) in [5, 5.41) is 19.5. The van der Waals surface area contributed by atoms with Crippen LogP contribution in [0.1, 0.15) is 25.8 Å². The predicted octanol–water partition coefficient (Wildman–Crippen LogP) is 2.44. The first-order valence-electron chi connectivity index (χ1n) is 13.5. The van der Waals surface area contributed by atoms with E-state index in [9.17, 15) is 31.7 Å². The van der Waals surface area contributed by atoms with Crippen molar-refractivity contribution in [3.05, 3.63) is 64.2 Å². The molecule has 2 aromatic carbocycles. The SMILES string of the molecule is CCOC(=O)[C@@H]1[C@H]2O[C@]3(C[C@@H](C)N(S(=O)(=O)c4ccc([N+](=O)[O-])cc4)C[C@@H]13)C1N=NN(S(=O)(=O)c3ccc(C)cc3)C12. The van der Waals surface area contributed by atoms with E-state index in [0.29, 0.717) is 0 Å². The summed E-state index contributed by atoms with van der Waals surface area (Å²) < 4.78 is 68.9. The number of esters is 1. The molecule has 2 bridgehead atoms. The molecule has 0 aromatic heterocycles. The van der Waals surface area contributed by atoms with Crippen LogP contribution in [-0.4, -0.2) is 79.4 Å². The summed E-state index contributed by atoms with van der Waals surface area (Å²) >= 11 is 0. The average Bonchev–Trinajstić information content (AvgIpc) is 3.61. The van der Waals surface area contributed by atoms with Crippen LogP contribution >= 0.6 is 0 Å². The van der Waals surface area contributed by atoms with Crippen LogP contribution in [0.5, 0.6) is 0 Å². The summed E-state index contributed by atoms with van der Waals surface area (Å²) in [6, 6.07) is 8.61. The van der Waals surface area contributed by atoms with Crippen LogP contribution in [0.25, 0.3) is 0 Å². The largest absolute Gasteiger partial charge is 0.466 e. The normalized spacial score (nSPS) is 32.0. The average molecular weight is 620 g/mol. The molecule has 3 saturated heterocycles. The molecule has 3 fully saturated rings. The Balaban J connectivity index is 1.36. The number of hydrogen-bond donors (Lipinski definition) is 0. The summed E-state index contributed by atoms with van der Waals surface area (Å²) in [5.41, 5.74) is -0.521. The number of nitro groups is 1. The monoisotopic (exact) mass is 619 g/mol. The zero-order valence-corrected chi connectivity index (χ0v) is 24.6. The van der Waals surface area contributed by atoms with Gasteiger partial charge in [0.25, 0.3) is 15.7 Å². The predicted molar refractivity (Wildman–Crippen MR) is 145 cm³/mol. The number of fused-ring (bicyclic) bond motifs is 3. The Kier molecular flexibility index (Phi) is 6.67. The number of rotatable bonds is 7. The van der Waals surface area contributed by atoms with E-state index in [0.717, 1.165) is 22.1 Å².